The zero-order valence-corrected chi connectivity index (χ0v) is 13.6. The smallest absolute Gasteiger partial charge is 0.216 e. The van der Waals surface area contributed by atoms with Gasteiger partial charge in [-0.2, -0.15) is 14.9 Å². The molecule has 22 heavy (non-hydrogen) atoms. The van der Waals surface area contributed by atoms with E-state index in [9.17, 15) is 5.11 Å². The highest BCUT2D eigenvalue weighted by Gasteiger charge is 2.21. The lowest BCUT2D eigenvalue weighted by Crippen LogP contribution is -2.10. The Labute approximate surface area is 138 Å². The number of hydrogen-bond donors (Lipinski definition) is 2. The van der Waals surface area contributed by atoms with Crippen molar-refractivity contribution in [3.05, 3.63) is 39.4 Å². The molecule has 0 radical (unpaired) electrons. The van der Waals surface area contributed by atoms with E-state index in [1.54, 1.807) is 29.1 Å². The Morgan fingerprint density at radius 1 is 1.36 bits per heavy atom. The van der Waals surface area contributed by atoms with Crippen molar-refractivity contribution in [3.8, 4) is 5.75 Å². The van der Waals surface area contributed by atoms with Crippen LogP contribution < -0.4 is 0 Å². The van der Waals surface area contributed by atoms with Crippen LogP contribution in [-0.2, 0) is 0 Å². The average molecular weight is 337 g/mol. The molecule has 2 aromatic rings. The Bertz CT molecular complexity index is 746. The molecule has 0 saturated heterocycles. The summed E-state index contributed by atoms with van der Waals surface area (Å²) in [6, 6.07) is 4.94. The number of aromatic amines is 1. The fourth-order valence-corrected chi connectivity index (χ4v) is 3.14. The van der Waals surface area contributed by atoms with Gasteiger partial charge in [-0.15, -0.1) is 0 Å². The molecule has 1 aliphatic carbocycles. The van der Waals surface area contributed by atoms with Gasteiger partial charge in [0.25, 0.3) is 0 Å². The van der Waals surface area contributed by atoms with Gasteiger partial charge in [0.15, 0.2) is 5.82 Å². The number of nitrogens with one attached hydrogen (secondary N) is 1. The van der Waals surface area contributed by atoms with Gasteiger partial charge in [0, 0.05) is 5.92 Å². The van der Waals surface area contributed by atoms with Crippen LogP contribution in [0.15, 0.2) is 23.3 Å². The van der Waals surface area contributed by atoms with Gasteiger partial charge < -0.3 is 5.11 Å². The lowest BCUT2D eigenvalue weighted by molar-refractivity contribution is 0.419. The van der Waals surface area contributed by atoms with Crippen molar-refractivity contribution in [2.75, 3.05) is 0 Å². The molecule has 1 saturated carbocycles. The third-order valence-electron chi connectivity index (χ3n) is 3.94. The molecule has 0 aliphatic heterocycles. The second-order valence-electron chi connectivity index (χ2n) is 5.49. The predicted molar refractivity (Wildman–Crippen MR) is 89.3 cm³/mol. The summed E-state index contributed by atoms with van der Waals surface area (Å²) in [6.45, 7) is 0. The van der Waals surface area contributed by atoms with Gasteiger partial charge >= 0.3 is 0 Å². The van der Waals surface area contributed by atoms with Crippen LogP contribution in [0.3, 0.4) is 0 Å². The zero-order valence-electron chi connectivity index (χ0n) is 12.0. The van der Waals surface area contributed by atoms with Crippen LogP contribution in [0.4, 0.5) is 0 Å². The van der Waals surface area contributed by atoms with Crippen LogP contribution in [0.2, 0.25) is 5.02 Å². The SMILES string of the molecule is Oc1ccc(/C=N\n2c(C3CCCCC3)n[nH]c2=S)cc1Cl. The van der Waals surface area contributed by atoms with E-state index in [2.05, 4.69) is 15.3 Å². The Hall–Kier alpha value is -1.66. The number of phenolic OH excluding ortho intramolecular Hbond substituents is 1. The molecule has 116 valence electrons. The number of rotatable bonds is 3. The van der Waals surface area contributed by atoms with E-state index in [1.165, 1.54) is 19.3 Å². The summed E-state index contributed by atoms with van der Waals surface area (Å²) in [6.07, 6.45) is 7.66. The van der Waals surface area contributed by atoms with Gasteiger partial charge in [0.2, 0.25) is 4.77 Å². The largest absolute Gasteiger partial charge is 0.506 e. The van der Waals surface area contributed by atoms with Crippen LogP contribution in [0.25, 0.3) is 0 Å². The zero-order chi connectivity index (χ0) is 15.5. The average Bonchev–Trinajstić information content (AvgIpc) is 2.90. The first kappa shape index (κ1) is 15.2. The second-order valence-corrected chi connectivity index (χ2v) is 6.28. The molecule has 3 rings (SSSR count). The maximum absolute atomic E-state index is 9.44. The normalized spacial score (nSPS) is 16.4. The maximum Gasteiger partial charge on any atom is 0.216 e. The van der Waals surface area contributed by atoms with E-state index in [-0.39, 0.29) is 5.75 Å². The summed E-state index contributed by atoms with van der Waals surface area (Å²) in [5, 5.41) is 21.4. The first-order valence-electron chi connectivity index (χ1n) is 7.35. The third kappa shape index (κ3) is 3.23. The van der Waals surface area contributed by atoms with Gasteiger partial charge in [-0.25, -0.2) is 0 Å². The lowest BCUT2D eigenvalue weighted by Gasteiger charge is -2.19. The van der Waals surface area contributed by atoms with Crippen molar-refractivity contribution in [1.29, 1.82) is 0 Å². The highest BCUT2D eigenvalue weighted by atomic mass is 35.5. The van der Waals surface area contributed by atoms with E-state index in [1.807, 2.05) is 0 Å². The van der Waals surface area contributed by atoms with Crippen LogP contribution in [0.1, 0.15) is 49.4 Å². The molecular weight excluding hydrogens is 320 g/mol. The quantitative estimate of drug-likeness (QED) is 0.651. The van der Waals surface area contributed by atoms with Crippen molar-refractivity contribution in [3.63, 3.8) is 0 Å². The Balaban J connectivity index is 1.88. The fourth-order valence-electron chi connectivity index (χ4n) is 2.77. The molecule has 5 nitrogen and oxygen atoms in total. The molecule has 7 heteroatoms. The maximum atomic E-state index is 9.44. The lowest BCUT2D eigenvalue weighted by atomic mass is 9.89. The van der Waals surface area contributed by atoms with E-state index in [0.29, 0.717) is 15.7 Å². The number of hydrogen-bond acceptors (Lipinski definition) is 4. The van der Waals surface area contributed by atoms with Gasteiger partial charge in [0.05, 0.1) is 11.2 Å². The first-order chi connectivity index (χ1) is 10.6. The molecule has 0 unspecified atom stereocenters. The molecule has 0 atom stereocenters. The summed E-state index contributed by atoms with van der Waals surface area (Å²) < 4.78 is 2.17. The van der Waals surface area contributed by atoms with Crippen LogP contribution in [0, 0.1) is 4.77 Å². The van der Waals surface area contributed by atoms with Gasteiger partial charge in [-0.1, -0.05) is 30.9 Å². The number of benzene rings is 1. The van der Waals surface area contributed by atoms with Crippen LogP contribution in [0.5, 0.6) is 5.75 Å². The highest BCUT2D eigenvalue weighted by molar-refractivity contribution is 7.71. The minimum Gasteiger partial charge on any atom is -0.506 e. The number of halogens is 1. The Kier molecular flexibility index (Phi) is 4.59. The number of aromatic hydroxyl groups is 1. The summed E-state index contributed by atoms with van der Waals surface area (Å²) in [7, 11) is 0. The molecule has 1 aromatic heterocycles. The highest BCUT2D eigenvalue weighted by Crippen LogP contribution is 2.31. The molecule has 2 N–H and O–H groups in total. The minimum atomic E-state index is 0.0571. The van der Waals surface area contributed by atoms with Crippen molar-refractivity contribution in [2.45, 2.75) is 38.0 Å². The van der Waals surface area contributed by atoms with Gasteiger partial charge in [0.1, 0.15) is 5.75 Å². The number of nitrogens with zero attached hydrogens (tertiary/aromatic N) is 3. The molecule has 1 heterocycles. The van der Waals surface area contributed by atoms with Crippen molar-refractivity contribution >= 4 is 30.0 Å². The molecule has 1 aromatic carbocycles. The summed E-state index contributed by atoms with van der Waals surface area (Å²) >= 11 is 11.2. The first-order valence-corrected chi connectivity index (χ1v) is 8.14. The Morgan fingerprint density at radius 2 is 2.14 bits per heavy atom. The van der Waals surface area contributed by atoms with E-state index in [0.717, 1.165) is 24.2 Å². The summed E-state index contributed by atoms with van der Waals surface area (Å²) in [4.78, 5) is 0. The fraction of sp³-hybridized carbons (Fsp3) is 0.400. The van der Waals surface area contributed by atoms with Crippen LogP contribution >= 0.6 is 23.8 Å². The topological polar surface area (TPSA) is 66.2 Å². The van der Waals surface area contributed by atoms with E-state index in [4.69, 9.17) is 23.8 Å². The second kappa shape index (κ2) is 6.62. The van der Waals surface area contributed by atoms with Gasteiger partial charge in [-0.3, -0.25) is 5.10 Å². The monoisotopic (exact) mass is 336 g/mol. The standard InChI is InChI=1S/C15H17ClN4OS/c16-12-8-10(6-7-13(12)21)9-17-20-14(18-19-15(20)22)11-4-2-1-3-5-11/h6-9,11,21H,1-5H2,(H,19,22)/b17-9-. The number of H-pyrrole nitrogens is 1. The van der Waals surface area contributed by atoms with Crippen molar-refractivity contribution in [1.82, 2.24) is 14.9 Å². The van der Waals surface area contributed by atoms with Crippen molar-refractivity contribution < 1.29 is 5.11 Å². The number of phenols is 1. The molecule has 0 spiro atoms. The molecule has 1 fully saturated rings. The van der Waals surface area contributed by atoms with Crippen molar-refractivity contribution in [2.24, 2.45) is 5.10 Å². The van der Waals surface area contributed by atoms with E-state index < -0.39 is 0 Å². The molecule has 0 amide bonds. The predicted octanol–water partition coefficient (Wildman–Crippen LogP) is 4.23. The Morgan fingerprint density at radius 3 is 2.86 bits per heavy atom. The van der Waals surface area contributed by atoms with Crippen LogP contribution in [-0.4, -0.2) is 26.2 Å². The molecule has 1 aliphatic rings. The minimum absolute atomic E-state index is 0.0571. The van der Waals surface area contributed by atoms with Gasteiger partial charge in [-0.05, 0) is 48.8 Å². The third-order valence-corrected chi connectivity index (χ3v) is 4.51. The summed E-state index contributed by atoms with van der Waals surface area (Å²) in [5.74, 6) is 1.36. The molecular formula is C15H17ClN4OS. The molecule has 0 bridgehead atoms. The van der Waals surface area contributed by atoms with E-state index >= 15 is 0 Å². The summed E-state index contributed by atoms with van der Waals surface area (Å²) in [5.41, 5.74) is 0.792. The number of aromatic nitrogens is 3.